The largest absolute Gasteiger partial charge is 0.486 e. The van der Waals surface area contributed by atoms with E-state index in [1.165, 1.54) is 17.7 Å². The van der Waals surface area contributed by atoms with Crippen LogP contribution in [-0.4, -0.2) is 57.2 Å². The average molecular weight is 488 g/mol. The number of alkyl halides is 3. The van der Waals surface area contributed by atoms with Crippen LogP contribution < -0.4 is 9.80 Å². The van der Waals surface area contributed by atoms with Gasteiger partial charge in [-0.25, -0.2) is 0 Å². The summed E-state index contributed by atoms with van der Waals surface area (Å²) in [6.45, 7) is 9.82. The summed E-state index contributed by atoms with van der Waals surface area (Å²) in [5.74, 6) is -0.171. The van der Waals surface area contributed by atoms with Crippen molar-refractivity contribution in [3.63, 3.8) is 0 Å². The smallest absolute Gasteiger partial charge is 0.416 e. The van der Waals surface area contributed by atoms with Gasteiger partial charge in [-0.05, 0) is 48.4 Å². The van der Waals surface area contributed by atoms with E-state index in [2.05, 4.69) is 25.7 Å². The summed E-state index contributed by atoms with van der Waals surface area (Å²) in [5.41, 5.74) is 2.23. The quantitative estimate of drug-likeness (QED) is 0.561. The zero-order valence-corrected chi connectivity index (χ0v) is 20.7. The van der Waals surface area contributed by atoms with Gasteiger partial charge in [0.2, 0.25) is 0 Å². The number of hydrogen-bond acceptors (Lipinski definition) is 4. The number of halogens is 3. The second kappa shape index (κ2) is 9.57. The van der Waals surface area contributed by atoms with E-state index < -0.39 is 11.7 Å². The van der Waals surface area contributed by atoms with Crippen molar-refractivity contribution in [2.75, 3.05) is 56.2 Å². The van der Waals surface area contributed by atoms with Gasteiger partial charge in [-0.2, -0.15) is 13.2 Å². The average Bonchev–Trinajstić information content (AvgIpc) is 2.80. The highest BCUT2D eigenvalue weighted by atomic mass is 19.4. The maximum absolute atomic E-state index is 13.5. The standard InChI is InChI=1S/C27H32F3N3O2/c1-26(2,3)20-7-9-22(10-8-20)33-15-16-35-24(25(33)34)17-19-5-6-21(27(28,29)30)18-23(19)32-13-11-31(4)12-14-32/h5-10,17-18H,11-16H2,1-4H3. The Morgan fingerprint density at radius 1 is 0.886 bits per heavy atom. The molecule has 5 nitrogen and oxygen atoms in total. The first-order valence-electron chi connectivity index (χ1n) is 11.8. The van der Waals surface area contributed by atoms with Gasteiger partial charge in [-0.3, -0.25) is 4.79 Å². The third-order valence-corrected chi connectivity index (χ3v) is 6.56. The third-order valence-electron chi connectivity index (χ3n) is 6.56. The summed E-state index contributed by atoms with van der Waals surface area (Å²) in [4.78, 5) is 19.0. The van der Waals surface area contributed by atoms with Gasteiger partial charge < -0.3 is 19.4 Å². The van der Waals surface area contributed by atoms with Crippen LogP contribution in [0, 0.1) is 0 Å². The lowest BCUT2D eigenvalue weighted by molar-refractivity contribution is -0.137. The van der Waals surface area contributed by atoms with Gasteiger partial charge in [0, 0.05) is 43.1 Å². The summed E-state index contributed by atoms with van der Waals surface area (Å²) in [6, 6.07) is 11.5. The van der Waals surface area contributed by atoms with Crippen LogP contribution in [0.25, 0.3) is 6.08 Å². The molecule has 0 atom stereocenters. The summed E-state index contributed by atoms with van der Waals surface area (Å²) in [5, 5.41) is 0. The Morgan fingerprint density at radius 2 is 1.51 bits per heavy atom. The SMILES string of the molecule is CN1CCN(c2cc(C(F)(F)F)ccc2C=C2OCCN(c3ccc(C(C)(C)C)cc3)C2=O)CC1. The van der Waals surface area contributed by atoms with E-state index in [4.69, 9.17) is 4.74 Å². The first-order chi connectivity index (χ1) is 16.4. The van der Waals surface area contributed by atoms with Crippen molar-refractivity contribution >= 4 is 23.4 Å². The molecule has 188 valence electrons. The second-order valence-electron chi connectivity index (χ2n) is 10.2. The van der Waals surface area contributed by atoms with E-state index in [0.717, 1.165) is 24.8 Å². The minimum Gasteiger partial charge on any atom is -0.486 e. The maximum atomic E-state index is 13.5. The summed E-state index contributed by atoms with van der Waals surface area (Å²) in [7, 11) is 1.99. The van der Waals surface area contributed by atoms with Crippen molar-refractivity contribution < 1.29 is 22.7 Å². The Labute approximate surface area is 204 Å². The fraction of sp³-hybridized carbons (Fsp3) is 0.444. The Bertz CT molecular complexity index is 1100. The monoisotopic (exact) mass is 487 g/mol. The summed E-state index contributed by atoms with van der Waals surface area (Å²) < 4.78 is 46.1. The highest BCUT2D eigenvalue weighted by Crippen LogP contribution is 2.35. The molecule has 2 aliphatic rings. The number of carbonyl (C=O) groups is 1. The first-order valence-corrected chi connectivity index (χ1v) is 11.8. The molecule has 1 amide bonds. The summed E-state index contributed by atoms with van der Waals surface area (Å²) >= 11 is 0. The molecule has 2 heterocycles. The predicted molar refractivity (Wildman–Crippen MR) is 133 cm³/mol. The number of anilines is 2. The van der Waals surface area contributed by atoms with Gasteiger partial charge in [-0.15, -0.1) is 0 Å². The van der Waals surface area contributed by atoms with Gasteiger partial charge in [0.1, 0.15) is 6.61 Å². The van der Waals surface area contributed by atoms with Crippen molar-refractivity contribution in [3.05, 3.63) is 64.9 Å². The van der Waals surface area contributed by atoms with Crippen molar-refractivity contribution in [3.8, 4) is 0 Å². The number of benzene rings is 2. The molecule has 2 aromatic carbocycles. The molecule has 0 unspecified atom stereocenters. The van der Waals surface area contributed by atoms with E-state index in [0.29, 0.717) is 37.5 Å². The molecule has 35 heavy (non-hydrogen) atoms. The second-order valence-corrected chi connectivity index (χ2v) is 10.2. The zero-order chi connectivity index (χ0) is 25.4. The van der Waals surface area contributed by atoms with Crippen LogP contribution in [0.4, 0.5) is 24.5 Å². The van der Waals surface area contributed by atoms with Gasteiger partial charge >= 0.3 is 6.18 Å². The fourth-order valence-corrected chi connectivity index (χ4v) is 4.34. The van der Waals surface area contributed by atoms with Gasteiger partial charge in [0.05, 0.1) is 12.1 Å². The molecule has 0 saturated carbocycles. The van der Waals surface area contributed by atoms with E-state index in [-0.39, 0.29) is 17.1 Å². The van der Waals surface area contributed by atoms with Gasteiger partial charge in [-0.1, -0.05) is 39.0 Å². The van der Waals surface area contributed by atoms with Crippen LogP contribution >= 0.6 is 0 Å². The highest BCUT2D eigenvalue weighted by molar-refractivity contribution is 6.07. The molecular formula is C27H32F3N3O2. The molecular weight excluding hydrogens is 455 g/mol. The number of piperazine rings is 1. The minimum atomic E-state index is -4.44. The van der Waals surface area contributed by atoms with Crippen molar-refractivity contribution in [1.82, 2.24) is 4.90 Å². The van der Waals surface area contributed by atoms with Crippen molar-refractivity contribution in [1.29, 1.82) is 0 Å². The van der Waals surface area contributed by atoms with Crippen LogP contribution in [0.2, 0.25) is 0 Å². The number of nitrogens with zero attached hydrogens (tertiary/aromatic N) is 3. The van der Waals surface area contributed by atoms with E-state index in [1.54, 1.807) is 11.0 Å². The van der Waals surface area contributed by atoms with Crippen LogP contribution in [0.15, 0.2) is 48.2 Å². The number of rotatable bonds is 3. The highest BCUT2D eigenvalue weighted by Gasteiger charge is 2.32. The molecule has 2 aromatic rings. The Kier molecular flexibility index (Phi) is 6.86. The van der Waals surface area contributed by atoms with Crippen molar-refractivity contribution in [2.24, 2.45) is 0 Å². The number of morpholine rings is 1. The summed E-state index contributed by atoms with van der Waals surface area (Å²) in [6.07, 6.45) is -2.87. The molecule has 4 rings (SSSR count). The van der Waals surface area contributed by atoms with Crippen LogP contribution in [0.3, 0.4) is 0 Å². The topological polar surface area (TPSA) is 36.0 Å². The predicted octanol–water partition coefficient (Wildman–Crippen LogP) is 5.16. The number of carbonyl (C=O) groups excluding carboxylic acids is 1. The van der Waals surface area contributed by atoms with Gasteiger partial charge in [0.15, 0.2) is 5.76 Å². The molecule has 2 saturated heterocycles. The van der Waals surface area contributed by atoms with Crippen molar-refractivity contribution in [2.45, 2.75) is 32.4 Å². The van der Waals surface area contributed by atoms with E-state index in [1.807, 2.05) is 36.2 Å². The molecule has 0 aliphatic carbocycles. The van der Waals surface area contributed by atoms with E-state index in [9.17, 15) is 18.0 Å². The number of ether oxygens (including phenoxy) is 1. The minimum absolute atomic E-state index is 0.000842. The Morgan fingerprint density at radius 3 is 2.11 bits per heavy atom. The third kappa shape index (κ3) is 5.64. The van der Waals surface area contributed by atoms with Gasteiger partial charge in [0.25, 0.3) is 5.91 Å². The Balaban J connectivity index is 1.65. The first kappa shape index (κ1) is 25.1. The lowest BCUT2D eigenvalue weighted by atomic mass is 9.87. The van der Waals surface area contributed by atoms with E-state index >= 15 is 0 Å². The molecule has 2 fully saturated rings. The molecule has 0 spiro atoms. The fourth-order valence-electron chi connectivity index (χ4n) is 4.34. The Hall–Kier alpha value is -3.00. The molecule has 2 aliphatic heterocycles. The number of amides is 1. The van der Waals surface area contributed by atoms with Crippen LogP contribution in [-0.2, 0) is 21.1 Å². The lowest BCUT2D eigenvalue weighted by Crippen LogP contribution is -2.44. The lowest BCUT2D eigenvalue weighted by Gasteiger charge is -2.35. The number of hydrogen-bond donors (Lipinski definition) is 0. The maximum Gasteiger partial charge on any atom is 0.416 e. The molecule has 0 aromatic heterocycles. The molecule has 0 N–H and O–H groups in total. The molecule has 0 bridgehead atoms. The molecule has 0 radical (unpaired) electrons. The van der Waals surface area contributed by atoms with Crippen LogP contribution in [0.5, 0.6) is 0 Å². The van der Waals surface area contributed by atoms with Crippen LogP contribution in [0.1, 0.15) is 37.5 Å². The molecule has 8 heteroatoms. The number of likely N-dealkylation sites (N-methyl/N-ethyl adjacent to an activating group) is 1. The zero-order valence-electron chi connectivity index (χ0n) is 20.7. The normalized spacial score (nSPS) is 19.3.